The second-order valence-electron chi connectivity index (χ2n) is 7.86. The predicted octanol–water partition coefficient (Wildman–Crippen LogP) is 6.35. The summed E-state index contributed by atoms with van der Waals surface area (Å²) >= 11 is 9.07. The summed E-state index contributed by atoms with van der Waals surface area (Å²) in [4.78, 5) is 31.1. The smallest absolute Gasteiger partial charge is 0.272 e. The third-order valence-corrected chi connectivity index (χ3v) is 7.86. The number of benzene rings is 3. The van der Waals surface area contributed by atoms with Gasteiger partial charge >= 0.3 is 0 Å². The standard InChI is InChI=1S/C26H20ClN3O2S2/c1-16-7-6-9-18(13-16)28-22(31)15-33-26-29-23-19-10-3-5-12-21(19)34-24(23)25(32)30(26)14-17-8-2-4-11-20(17)27/h2-13H,14-15H2,1H3,(H,28,31). The van der Waals surface area contributed by atoms with E-state index < -0.39 is 0 Å². The van der Waals surface area contributed by atoms with Crippen molar-refractivity contribution in [3.8, 4) is 0 Å². The molecule has 2 heterocycles. The van der Waals surface area contributed by atoms with Gasteiger partial charge in [0.2, 0.25) is 5.91 Å². The number of hydrogen-bond donors (Lipinski definition) is 1. The van der Waals surface area contributed by atoms with E-state index in [9.17, 15) is 9.59 Å². The number of amides is 1. The van der Waals surface area contributed by atoms with Crippen molar-refractivity contribution in [1.82, 2.24) is 9.55 Å². The molecule has 2 aromatic heterocycles. The molecule has 1 N–H and O–H groups in total. The fraction of sp³-hybridized carbons (Fsp3) is 0.115. The molecule has 0 aliphatic rings. The summed E-state index contributed by atoms with van der Waals surface area (Å²) in [5.41, 5.74) is 3.16. The average Bonchev–Trinajstić information content (AvgIpc) is 3.20. The van der Waals surface area contributed by atoms with E-state index >= 15 is 0 Å². The highest BCUT2D eigenvalue weighted by Gasteiger charge is 2.18. The number of anilines is 1. The third-order valence-electron chi connectivity index (χ3n) is 5.37. The zero-order chi connectivity index (χ0) is 23.7. The first-order valence-electron chi connectivity index (χ1n) is 10.6. The van der Waals surface area contributed by atoms with Crippen LogP contribution >= 0.6 is 34.7 Å². The molecule has 0 spiro atoms. The number of aryl methyl sites for hydroxylation is 1. The van der Waals surface area contributed by atoms with Gasteiger partial charge in [0, 0.05) is 20.8 Å². The Bertz CT molecular complexity index is 1590. The maximum absolute atomic E-state index is 13.6. The minimum atomic E-state index is -0.163. The van der Waals surface area contributed by atoms with Gasteiger partial charge in [0.25, 0.3) is 5.56 Å². The van der Waals surface area contributed by atoms with Crippen molar-refractivity contribution in [2.45, 2.75) is 18.6 Å². The van der Waals surface area contributed by atoms with Gasteiger partial charge in [-0.25, -0.2) is 4.98 Å². The van der Waals surface area contributed by atoms with Gasteiger partial charge in [-0.05, 0) is 42.3 Å². The summed E-state index contributed by atoms with van der Waals surface area (Å²) < 4.78 is 3.22. The predicted molar refractivity (Wildman–Crippen MR) is 142 cm³/mol. The van der Waals surface area contributed by atoms with Gasteiger partial charge in [-0.2, -0.15) is 0 Å². The zero-order valence-electron chi connectivity index (χ0n) is 18.2. The fourth-order valence-electron chi connectivity index (χ4n) is 3.75. The van der Waals surface area contributed by atoms with Gasteiger partial charge in [-0.1, -0.05) is 71.9 Å². The molecule has 34 heavy (non-hydrogen) atoms. The van der Waals surface area contributed by atoms with E-state index in [1.165, 1.54) is 23.1 Å². The maximum Gasteiger partial charge on any atom is 0.272 e. The normalized spacial score (nSPS) is 11.2. The monoisotopic (exact) mass is 505 g/mol. The lowest BCUT2D eigenvalue weighted by molar-refractivity contribution is -0.113. The van der Waals surface area contributed by atoms with Gasteiger partial charge < -0.3 is 5.32 Å². The summed E-state index contributed by atoms with van der Waals surface area (Å²) in [7, 11) is 0. The number of hydrogen-bond acceptors (Lipinski definition) is 5. The van der Waals surface area contributed by atoms with E-state index in [-0.39, 0.29) is 23.8 Å². The van der Waals surface area contributed by atoms with E-state index in [1.807, 2.05) is 73.7 Å². The third kappa shape index (κ3) is 4.59. The Balaban J connectivity index is 1.52. The van der Waals surface area contributed by atoms with Crippen LogP contribution in [0.3, 0.4) is 0 Å². The molecule has 3 aromatic carbocycles. The lowest BCUT2D eigenvalue weighted by atomic mass is 10.2. The first kappa shape index (κ1) is 22.7. The molecule has 170 valence electrons. The molecule has 5 nitrogen and oxygen atoms in total. The van der Waals surface area contributed by atoms with Crippen LogP contribution in [0.5, 0.6) is 0 Å². The van der Waals surface area contributed by atoms with Gasteiger partial charge in [0.15, 0.2) is 5.16 Å². The SMILES string of the molecule is Cc1cccc(NC(=O)CSc2nc3c(sc4ccccc43)c(=O)n2Cc2ccccc2Cl)c1. The van der Waals surface area contributed by atoms with Crippen LogP contribution < -0.4 is 10.9 Å². The Morgan fingerprint density at radius 2 is 1.88 bits per heavy atom. The Kier molecular flexibility index (Phi) is 6.41. The lowest BCUT2D eigenvalue weighted by Gasteiger charge is -2.13. The first-order chi connectivity index (χ1) is 16.5. The number of nitrogens with zero attached hydrogens (tertiary/aromatic N) is 2. The van der Waals surface area contributed by atoms with Gasteiger partial charge in [0.1, 0.15) is 4.70 Å². The molecule has 5 rings (SSSR count). The number of aromatic nitrogens is 2. The molecule has 0 saturated heterocycles. The summed E-state index contributed by atoms with van der Waals surface area (Å²) in [6, 6.07) is 22.9. The fourth-order valence-corrected chi connectivity index (χ4v) is 5.83. The number of fused-ring (bicyclic) bond motifs is 3. The van der Waals surface area contributed by atoms with Crippen molar-refractivity contribution in [3.05, 3.63) is 99.3 Å². The van der Waals surface area contributed by atoms with E-state index in [1.54, 1.807) is 10.6 Å². The van der Waals surface area contributed by atoms with Crippen molar-refractivity contribution in [1.29, 1.82) is 0 Å². The lowest BCUT2D eigenvalue weighted by Crippen LogP contribution is -2.24. The molecule has 0 atom stereocenters. The van der Waals surface area contributed by atoms with Crippen molar-refractivity contribution in [3.63, 3.8) is 0 Å². The number of nitrogens with one attached hydrogen (secondary N) is 1. The van der Waals surface area contributed by atoms with Gasteiger partial charge in [-0.3, -0.25) is 14.2 Å². The van der Waals surface area contributed by atoms with E-state index in [4.69, 9.17) is 16.6 Å². The summed E-state index contributed by atoms with van der Waals surface area (Å²) in [5.74, 6) is -0.0411. The Labute approximate surface area is 209 Å². The summed E-state index contributed by atoms with van der Waals surface area (Å²) in [6.45, 7) is 2.25. The number of carbonyl (C=O) groups is 1. The molecule has 5 aromatic rings. The Morgan fingerprint density at radius 1 is 1.09 bits per heavy atom. The number of halogens is 1. The van der Waals surface area contributed by atoms with Crippen LogP contribution in [0.1, 0.15) is 11.1 Å². The molecule has 0 saturated carbocycles. The topological polar surface area (TPSA) is 64.0 Å². The van der Waals surface area contributed by atoms with Crippen LogP contribution in [0.2, 0.25) is 5.02 Å². The summed E-state index contributed by atoms with van der Waals surface area (Å²) in [5, 5.41) is 4.92. The Morgan fingerprint density at radius 3 is 2.71 bits per heavy atom. The molecule has 0 fully saturated rings. The second kappa shape index (κ2) is 9.62. The van der Waals surface area contributed by atoms with Crippen LogP contribution in [-0.2, 0) is 11.3 Å². The highest BCUT2D eigenvalue weighted by Crippen LogP contribution is 2.32. The number of carbonyl (C=O) groups excluding carboxylic acids is 1. The van der Waals surface area contributed by atoms with Crippen LogP contribution in [0.4, 0.5) is 5.69 Å². The molecule has 0 aliphatic carbocycles. The largest absolute Gasteiger partial charge is 0.325 e. The number of rotatable bonds is 6. The molecule has 8 heteroatoms. The van der Waals surface area contributed by atoms with Gasteiger partial charge in [0.05, 0.1) is 17.8 Å². The molecular formula is C26H20ClN3O2S2. The van der Waals surface area contributed by atoms with Crippen LogP contribution in [0, 0.1) is 6.92 Å². The van der Waals surface area contributed by atoms with E-state index in [0.29, 0.717) is 20.4 Å². The van der Waals surface area contributed by atoms with Crippen LogP contribution in [0.25, 0.3) is 20.3 Å². The molecule has 0 bridgehead atoms. The molecule has 1 amide bonds. The molecule has 0 aliphatic heterocycles. The zero-order valence-corrected chi connectivity index (χ0v) is 20.6. The second-order valence-corrected chi connectivity index (χ2v) is 10.3. The first-order valence-corrected chi connectivity index (χ1v) is 12.8. The van der Waals surface area contributed by atoms with E-state index in [0.717, 1.165) is 26.9 Å². The maximum atomic E-state index is 13.6. The van der Waals surface area contributed by atoms with Crippen LogP contribution in [0.15, 0.2) is 82.7 Å². The van der Waals surface area contributed by atoms with Crippen molar-refractivity contribution >= 4 is 66.6 Å². The van der Waals surface area contributed by atoms with Crippen molar-refractivity contribution in [2.24, 2.45) is 0 Å². The number of thioether (sulfide) groups is 1. The minimum Gasteiger partial charge on any atom is -0.325 e. The highest BCUT2D eigenvalue weighted by molar-refractivity contribution is 7.99. The molecule has 0 radical (unpaired) electrons. The number of thiophene rings is 1. The van der Waals surface area contributed by atoms with Gasteiger partial charge in [-0.15, -0.1) is 11.3 Å². The molecule has 0 unspecified atom stereocenters. The Hall–Kier alpha value is -3.13. The highest BCUT2D eigenvalue weighted by atomic mass is 35.5. The minimum absolute atomic E-state index is 0.122. The molecular weight excluding hydrogens is 486 g/mol. The average molecular weight is 506 g/mol. The van der Waals surface area contributed by atoms with Crippen LogP contribution in [-0.4, -0.2) is 21.2 Å². The quantitative estimate of drug-likeness (QED) is 0.216. The summed E-state index contributed by atoms with van der Waals surface area (Å²) in [6.07, 6.45) is 0. The van der Waals surface area contributed by atoms with Crippen molar-refractivity contribution in [2.75, 3.05) is 11.1 Å². The van der Waals surface area contributed by atoms with E-state index in [2.05, 4.69) is 5.32 Å². The van der Waals surface area contributed by atoms with Crippen molar-refractivity contribution < 1.29 is 4.79 Å².